The van der Waals surface area contributed by atoms with Crippen LogP contribution in [0.1, 0.15) is 142 Å². The molecule has 0 aliphatic rings. The summed E-state index contributed by atoms with van der Waals surface area (Å²) in [5, 5.41) is 20.4. The Morgan fingerprint density at radius 1 is 0.577 bits per heavy atom. The lowest BCUT2D eigenvalue weighted by atomic mass is 10.0. The molecule has 0 bridgehead atoms. The summed E-state index contributed by atoms with van der Waals surface area (Å²) in [7, 11) is 1.72. The molecule has 0 heterocycles. The van der Waals surface area contributed by atoms with E-state index in [4.69, 9.17) is 15.2 Å². The highest BCUT2D eigenvalue weighted by atomic mass is 16.5. The number of hydrogen-bond donors (Lipinski definition) is 6. The van der Waals surface area contributed by atoms with Crippen molar-refractivity contribution in [1.82, 2.24) is 21.3 Å². The van der Waals surface area contributed by atoms with Gasteiger partial charge in [0.25, 0.3) is 0 Å². The summed E-state index contributed by atoms with van der Waals surface area (Å²) in [4.78, 5) is 70.5. The van der Waals surface area contributed by atoms with Crippen LogP contribution in [-0.4, -0.2) is 106 Å². The second-order valence-corrected chi connectivity index (χ2v) is 13.5. The molecule has 0 aliphatic carbocycles. The van der Waals surface area contributed by atoms with Gasteiger partial charge < -0.3 is 46.4 Å². The lowest BCUT2D eigenvalue weighted by molar-refractivity contribution is -0.142. The Hall–Kier alpha value is -2.94. The average Bonchev–Trinajstić information content (AvgIpc) is 3.11. The minimum absolute atomic E-state index is 0.00474. The van der Waals surface area contributed by atoms with Crippen molar-refractivity contribution < 1.29 is 43.3 Å². The van der Waals surface area contributed by atoms with Crippen LogP contribution in [0, 0.1) is 0 Å². The molecule has 3 amide bonds. The molecular weight excluding hydrogens is 670 g/mol. The minimum atomic E-state index is -1.17. The van der Waals surface area contributed by atoms with Gasteiger partial charge in [0.05, 0.1) is 32.4 Å². The Morgan fingerprint density at radius 3 is 1.65 bits per heavy atom. The lowest BCUT2D eigenvalue weighted by Gasteiger charge is -2.14. The first-order valence-electron chi connectivity index (χ1n) is 19.7. The SMILES string of the molecule is CN[C@@H](CCCCNC(=O)COCCOCCNC(=O)CCC(NC(=O)CCCCCCCCCCCCCCCCC(C)=O)C(=O)O)C(=O)CN. The van der Waals surface area contributed by atoms with Crippen LogP contribution in [-0.2, 0) is 38.2 Å². The normalized spacial score (nSPS) is 12.2. The highest BCUT2D eigenvalue weighted by Crippen LogP contribution is 2.14. The topological polar surface area (TPSA) is 215 Å². The van der Waals surface area contributed by atoms with Gasteiger partial charge in [-0.3, -0.25) is 19.2 Å². The first-order valence-corrected chi connectivity index (χ1v) is 19.7. The molecule has 52 heavy (non-hydrogen) atoms. The van der Waals surface area contributed by atoms with Crippen LogP contribution < -0.4 is 27.0 Å². The van der Waals surface area contributed by atoms with Gasteiger partial charge >= 0.3 is 5.97 Å². The number of ether oxygens (including phenoxy) is 2. The van der Waals surface area contributed by atoms with Crippen LogP contribution in [0.2, 0.25) is 0 Å². The molecule has 302 valence electrons. The second-order valence-electron chi connectivity index (χ2n) is 13.5. The minimum Gasteiger partial charge on any atom is -0.480 e. The van der Waals surface area contributed by atoms with E-state index >= 15 is 0 Å². The number of hydrogen-bond acceptors (Lipinski definition) is 10. The molecule has 1 unspecified atom stereocenters. The third kappa shape index (κ3) is 31.8. The number of amides is 3. The van der Waals surface area contributed by atoms with Crippen molar-refractivity contribution >= 4 is 35.3 Å². The fraction of sp³-hybridized carbons (Fsp3) is 0.842. The fourth-order valence-electron chi connectivity index (χ4n) is 5.68. The quantitative estimate of drug-likeness (QED) is 0.0502. The van der Waals surface area contributed by atoms with Crippen molar-refractivity contribution in [2.24, 2.45) is 5.73 Å². The van der Waals surface area contributed by atoms with Gasteiger partial charge in [-0.15, -0.1) is 0 Å². The van der Waals surface area contributed by atoms with E-state index < -0.39 is 12.0 Å². The van der Waals surface area contributed by atoms with Crippen molar-refractivity contribution in [3.05, 3.63) is 0 Å². The van der Waals surface area contributed by atoms with Crippen molar-refractivity contribution in [2.45, 2.75) is 154 Å². The third-order valence-electron chi connectivity index (χ3n) is 8.83. The predicted molar refractivity (Wildman–Crippen MR) is 202 cm³/mol. The Bertz CT molecular complexity index is 983. The van der Waals surface area contributed by atoms with Gasteiger partial charge in [-0.25, -0.2) is 4.79 Å². The average molecular weight is 742 g/mol. The Labute approximate surface area is 312 Å². The number of aliphatic carboxylic acids is 1. The zero-order chi connectivity index (χ0) is 38.7. The molecule has 0 rings (SSSR count). The molecule has 0 radical (unpaired) electrons. The summed E-state index contributed by atoms with van der Waals surface area (Å²) < 4.78 is 10.7. The number of ketones is 2. The molecule has 0 spiro atoms. The van der Waals surface area contributed by atoms with E-state index in [9.17, 15) is 33.9 Å². The predicted octanol–water partition coefficient (Wildman–Crippen LogP) is 3.72. The third-order valence-corrected chi connectivity index (χ3v) is 8.83. The molecule has 7 N–H and O–H groups in total. The highest BCUT2D eigenvalue weighted by molar-refractivity contribution is 5.85. The summed E-state index contributed by atoms with van der Waals surface area (Å²) in [5.74, 6) is -1.79. The molecule has 0 fully saturated rings. The molecule has 2 atom stereocenters. The Morgan fingerprint density at radius 2 is 1.12 bits per heavy atom. The number of carboxylic acids is 1. The number of nitrogens with one attached hydrogen (secondary N) is 4. The van der Waals surface area contributed by atoms with Gasteiger partial charge in [-0.05, 0) is 52.5 Å². The molecule has 0 aromatic heterocycles. The van der Waals surface area contributed by atoms with Gasteiger partial charge in [0.15, 0.2) is 5.78 Å². The molecule has 14 nitrogen and oxygen atoms in total. The smallest absolute Gasteiger partial charge is 0.326 e. The lowest BCUT2D eigenvalue weighted by Crippen LogP contribution is -2.41. The van der Waals surface area contributed by atoms with Crippen LogP contribution in [0.4, 0.5) is 0 Å². The molecule has 0 saturated carbocycles. The van der Waals surface area contributed by atoms with Crippen molar-refractivity contribution in [3.63, 3.8) is 0 Å². The number of carbonyl (C=O) groups is 6. The number of rotatable bonds is 38. The number of unbranched alkanes of at least 4 members (excludes halogenated alkanes) is 14. The van der Waals surface area contributed by atoms with Crippen LogP contribution >= 0.6 is 0 Å². The van der Waals surface area contributed by atoms with Crippen molar-refractivity contribution in [2.75, 3.05) is 53.1 Å². The second kappa shape index (κ2) is 35.1. The summed E-state index contributed by atoms with van der Waals surface area (Å²) in [6.07, 6.45) is 19.2. The molecule has 0 aromatic carbocycles. The molecule has 0 aromatic rings. The maximum atomic E-state index is 12.3. The first kappa shape index (κ1) is 49.1. The van der Waals surface area contributed by atoms with E-state index in [1.165, 1.54) is 51.4 Å². The molecule has 0 aliphatic heterocycles. The number of Topliss-reactive ketones (excluding diaryl/α,β-unsaturated/α-hetero) is 2. The van der Waals surface area contributed by atoms with Gasteiger partial charge in [0, 0.05) is 32.4 Å². The van der Waals surface area contributed by atoms with E-state index in [0.29, 0.717) is 19.4 Å². The van der Waals surface area contributed by atoms with E-state index in [1.54, 1.807) is 14.0 Å². The summed E-state index contributed by atoms with van der Waals surface area (Å²) in [6.45, 7) is 2.96. The molecular formula is C38H71N5O9. The van der Waals surface area contributed by atoms with E-state index in [-0.39, 0.29) is 94.1 Å². The monoisotopic (exact) mass is 742 g/mol. The van der Waals surface area contributed by atoms with E-state index in [1.807, 2.05) is 0 Å². The number of likely N-dealkylation sites (N-methyl/N-ethyl adjacent to an activating group) is 1. The summed E-state index contributed by atoms with van der Waals surface area (Å²) in [6, 6.07) is -1.38. The van der Waals surface area contributed by atoms with Crippen LogP contribution in [0.15, 0.2) is 0 Å². The van der Waals surface area contributed by atoms with E-state index in [2.05, 4.69) is 21.3 Å². The van der Waals surface area contributed by atoms with Crippen LogP contribution in [0.3, 0.4) is 0 Å². The Balaban J connectivity index is 3.72. The van der Waals surface area contributed by atoms with Gasteiger partial charge in [0.2, 0.25) is 17.7 Å². The fourth-order valence-corrected chi connectivity index (χ4v) is 5.68. The number of carbonyl (C=O) groups excluding carboxylic acids is 5. The standard InChI is InChI=1S/C38H71N5O9/c1-31(44)19-15-13-11-9-7-5-3-4-6-8-10-12-14-16-21-36(47)43-33(38(49)50)22-23-35(46)42-25-26-51-27-28-52-30-37(48)41-24-18-17-20-32(40-2)34(45)29-39/h32-33,40H,3-30,39H2,1-2H3,(H,41,48)(H,42,46)(H,43,47)(H,49,50)/t32-,33?/m0/s1. The van der Waals surface area contributed by atoms with Gasteiger partial charge in [-0.2, -0.15) is 0 Å². The van der Waals surface area contributed by atoms with E-state index in [0.717, 1.165) is 51.4 Å². The largest absolute Gasteiger partial charge is 0.480 e. The number of nitrogens with two attached hydrogens (primary N) is 1. The van der Waals surface area contributed by atoms with Crippen molar-refractivity contribution in [3.8, 4) is 0 Å². The first-order chi connectivity index (χ1) is 25.1. The molecule has 0 saturated heterocycles. The highest BCUT2D eigenvalue weighted by Gasteiger charge is 2.21. The van der Waals surface area contributed by atoms with Gasteiger partial charge in [0.1, 0.15) is 18.4 Å². The van der Waals surface area contributed by atoms with Crippen LogP contribution in [0.5, 0.6) is 0 Å². The maximum Gasteiger partial charge on any atom is 0.326 e. The zero-order valence-electron chi connectivity index (χ0n) is 32.2. The Kier molecular flexibility index (Phi) is 33.1. The zero-order valence-corrected chi connectivity index (χ0v) is 32.2. The molecule has 14 heteroatoms. The van der Waals surface area contributed by atoms with Gasteiger partial charge in [-0.1, -0.05) is 77.0 Å². The maximum absolute atomic E-state index is 12.3. The summed E-state index contributed by atoms with van der Waals surface area (Å²) in [5.41, 5.74) is 5.39. The number of carboxylic acid groups (broad SMARTS) is 1. The summed E-state index contributed by atoms with van der Waals surface area (Å²) >= 11 is 0. The van der Waals surface area contributed by atoms with Crippen molar-refractivity contribution in [1.29, 1.82) is 0 Å². The van der Waals surface area contributed by atoms with Crippen LogP contribution in [0.25, 0.3) is 0 Å².